The fraction of sp³-hybridized carbons (Fsp3) is 0.0800. The SMILES string of the molecule is CC1=NN(c2ccccc2)C(=O)/C1=C/c1ccc(OCc2ccccc2)c(C(=O)O)c1. The van der Waals surface area contributed by atoms with Gasteiger partial charge in [0.05, 0.1) is 17.0 Å². The van der Waals surface area contributed by atoms with E-state index in [1.54, 1.807) is 37.3 Å². The first-order chi connectivity index (χ1) is 15.0. The molecule has 154 valence electrons. The van der Waals surface area contributed by atoms with E-state index in [0.717, 1.165) is 5.56 Å². The van der Waals surface area contributed by atoms with Crippen LogP contribution in [0.25, 0.3) is 6.08 Å². The van der Waals surface area contributed by atoms with Crippen LogP contribution in [0.4, 0.5) is 5.69 Å². The number of benzene rings is 3. The maximum Gasteiger partial charge on any atom is 0.339 e. The fourth-order valence-corrected chi connectivity index (χ4v) is 3.26. The van der Waals surface area contributed by atoms with Gasteiger partial charge in [-0.25, -0.2) is 4.79 Å². The predicted molar refractivity (Wildman–Crippen MR) is 119 cm³/mol. The normalized spacial score (nSPS) is 14.6. The molecular weight excluding hydrogens is 392 g/mol. The molecular formula is C25H20N2O4. The molecule has 4 rings (SSSR count). The van der Waals surface area contributed by atoms with Gasteiger partial charge in [0.2, 0.25) is 0 Å². The molecule has 6 heteroatoms. The van der Waals surface area contributed by atoms with Gasteiger partial charge in [0.15, 0.2) is 0 Å². The summed E-state index contributed by atoms with van der Waals surface area (Å²) >= 11 is 0. The molecule has 0 saturated heterocycles. The van der Waals surface area contributed by atoms with Crippen molar-refractivity contribution in [1.82, 2.24) is 0 Å². The first-order valence-electron chi connectivity index (χ1n) is 9.74. The highest BCUT2D eigenvalue weighted by Gasteiger charge is 2.28. The lowest BCUT2D eigenvalue weighted by atomic mass is 10.0. The van der Waals surface area contributed by atoms with Crippen molar-refractivity contribution >= 4 is 29.4 Å². The Morgan fingerprint density at radius 2 is 1.71 bits per heavy atom. The van der Waals surface area contributed by atoms with Crippen molar-refractivity contribution in [2.45, 2.75) is 13.5 Å². The van der Waals surface area contributed by atoms with E-state index in [9.17, 15) is 14.7 Å². The quantitative estimate of drug-likeness (QED) is 0.592. The predicted octanol–water partition coefficient (Wildman–Crippen LogP) is 4.77. The number of hydrazone groups is 1. The topological polar surface area (TPSA) is 79.2 Å². The van der Waals surface area contributed by atoms with Crippen molar-refractivity contribution in [3.63, 3.8) is 0 Å². The van der Waals surface area contributed by atoms with E-state index >= 15 is 0 Å². The maximum atomic E-state index is 12.9. The number of hydrogen-bond donors (Lipinski definition) is 1. The van der Waals surface area contributed by atoms with Gasteiger partial charge in [0, 0.05) is 0 Å². The molecule has 0 bridgehead atoms. The number of amides is 1. The number of para-hydroxylation sites is 1. The number of anilines is 1. The lowest BCUT2D eigenvalue weighted by Crippen LogP contribution is -2.21. The molecule has 1 N–H and O–H groups in total. The minimum Gasteiger partial charge on any atom is -0.488 e. The fourth-order valence-electron chi connectivity index (χ4n) is 3.26. The second kappa shape index (κ2) is 8.67. The molecule has 1 aliphatic heterocycles. The Morgan fingerprint density at radius 3 is 2.39 bits per heavy atom. The van der Waals surface area contributed by atoms with Crippen LogP contribution in [-0.2, 0) is 11.4 Å². The molecule has 1 aliphatic rings. The summed E-state index contributed by atoms with van der Waals surface area (Å²) in [7, 11) is 0. The standard InChI is InChI=1S/C25H20N2O4/c1-17-21(24(28)27(26-17)20-10-6-3-7-11-20)14-19-12-13-23(22(15-19)25(29)30)31-16-18-8-4-2-5-9-18/h2-15H,16H2,1H3,(H,29,30)/b21-14+. The van der Waals surface area contributed by atoms with E-state index in [1.165, 1.54) is 11.1 Å². The summed E-state index contributed by atoms with van der Waals surface area (Å²) < 4.78 is 5.73. The zero-order chi connectivity index (χ0) is 21.8. The third kappa shape index (κ3) is 4.38. The number of carboxylic acids is 1. The van der Waals surface area contributed by atoms with Gasteiger partial charge in [-0.15, -0.1) is 0 Å². The molecule has 0 fully saturated rings. The number of hydrogen-bond acceptors (Lipinski definition) is 4. The Balaban J connectivity index is 1.59. The largest absolute Gasteiger partial charge is 0.488 e. The van der Waals surface area contributed by atoms with Crippen LogP contribution < -0.4 is 9.75 Å². The lowest BCUT2D eigenvalue weighted by molar-refractivity contribution is -0.114. The second-order valence-electron chi connectivity index (χ2n) is 7.03. The maximum absolute atomic E-state index is 12.9. The van der Waals surface area contributed by atoms with Crippen LogP contribution in [0.2, 0.25) is 0 Å². The van der Waals surface area contributed by atoms with Gasteiger partial charge in [0.25, 0.3) is 5.91 Å². The summed E-state index contributed by atoms with van der Waals surface area (Å²) in [4.78, 5) is 24.7. The molecule has 31 heavy (non-hydrogen) atoms. The van der Waals surface area contributed by atoms with Crippen LogP contribution in [0.5, 0.6) is 5.75 Å². The molecule has 0 aromatic heterocycles. The van der Waals surface area contributed by atoms with E-state index in [0.29, 0.717) is 22.5 Å². The smallest absolute Gasteiger partial charge is 0.339 e. The summed E-state index contributed by atoms with van der Waals surface area (Å²) in [5.74, 6) is -1.09. The van der Waals surface area contributed by atoms with Crippen LogP contribution in [0.3, 0.4) is 0 Å². The van der Waals surface area contributed by atoms with Gasteiger partial charge in [-0.2, -0.15) is 10.1 Å². The first-order valence-corrected chi connectivity index (χ1v) is 9.74. The number of rotatable bonds is 6. The average Bonchev–Trinajstić information content (AvgIpc) is 3.07. The highest BCUT2D eigenvalue weighted by atomic mass is 16.5. The van der Waals surface area contributed by atoms with Gasteiger partial charge < -0.3 is 9.84 Å². The third-order valence-electron chi connectivity index (χ3n) is 4.85. The summed E-state index contributed by atoms with van der Waals surface area (Å²) in [5.41, 5.74) is 3.20. The van der Waals surface area contributed by atoms with E-state index in [2.05, 4.69) is 5.10 Å². The van der Waals surface area contributed by atoms with Crippen LogP contribution in [-0.4, -0.2) is 22.7 Å². The molecule has 0 saturated carbocycles. The van der Waals surface area contributed by atoms with Crippen molar-refractivity contribution in [2.24, 2.45) is 5.10 Å². The van der Waals surface area contributed by atoms with Crippen LogP contribution in [0.15, 0.2) is 89.5 Å². The summed E-state index contributed by atoms with van der Waals surface area (Å²) in [6, 6.07) is 23.5. The Labute approximate surface area is 179 Å². The Kier molecular flexibility index (Phi) is 5.62. The van der Waals surface area contributed by atoms with Crippen molar-refractivity contribution in [2.75, 3.05) is 5.01 Å². The number of aromatic carboxylic acids is 1. The average molecular weight is 412 g/mol. The van der Waals surface area contributed by atoms with Crippen LogP contribution >= 0.6 is 0 Å². The minimum absolute atomic E-state index is 0.0326. The minimum atomic E-state index is -1.10. The number of carboxylic acid groups (broad SMARTS) is 1. The van der Waals surface area contributed by atoms with Crippen molar-refractivity contribution < 1.29 is 19.4 Å². The Morgan fingerprint density at radius 1 is 1.03 bits per heavy atom. The highest BCUT2D eigenvalue weighted by molar-refractivity contribution is 6.32. The van der Waals surface area contributed by atoms with Crippen LogP contribution in [0, 0.1) is 0 Å². The Bertz CT molecular complexity index is 1180. The summed E-state index contributed by atoms with van der Waals surface area (Å²) in [5, 5.41) is 15.3. The summed E-state index contributed by atoms with van der Waals surface area (Å²) in [6.45, 7) is 2.01. The van der Waals surface area contributed by atoms with Gasteiger partial charge in [-0.05, 0) is 48.4 Å². The molecule has 1 amide bonds. The molecule has 0 radical (unpaired) electrons. The zero-order valence-corrected chi connectivity index (χ0v) is 16.9. The number of carbonyl (C=O) groups is 2. The molecule has 3 aromatic carbocycles. The van der Waals surface area contributed by atoms with E-state index in [4.69, 9.17) is 4.74 Å². The van der Waals surface area contributed by atoms with E-state index in [1.807, 2.05) is 48.5 Å². The highest BCUT2D eigenvalue weighted by Crippen LogP contribution is 2.27. The lowest BCUT2D eigenvalue weighted by Gasteiger charge is -2.11. The third-order valence-corrected chi connectivity index (χ3v) is 4.85. The van der Waals surface area contributed by atoms with Crippen molar-refractivity contribution in [1.29, 1.82) is 0 Å². The molecule has 3 aromatic rings. The van der Waals surface area contributed by atoms with E-state index < -0.39 is 5.97 Å². The Hall–Kier alpha value is -4.19. The van der Waals surface area contributed by atoms with Crippen LogP contribution in [0.1, 0.15) is 28.4 Å². The number of nitrogens with zero attached hydrogens (tertiary/aromatic N) is 2. The van der Waals surface area contributed by atoms with Gasteiger partial charge in [-0.3, -0.25) is 4.79 Å². The number of ether oxygens (including phenoxy) is 1. The molecule has 0 spiro atoms. The molecule has 6 nitrogen and oxygen atoms in total. The molecule has 0 unspecified atom stereocenters. The second-order valence-corrected chi connectivity index (χ2v) is 7.03. The van der Waals surface area contributed by atoms with Gasteiger partial charge in [0.1, 0.15) is 17.9 Å². The molecule has 0 atom stereocenters. The zero-order valence-electron chi connectivity index (χ0n) is 16.9. The van der Waals surface area contributed by atoms with E-state index in [-0.39, 0.29) is 23.8 Å². The first kappa shape index (κ1) is 20.1. The van der Waals surface area contributed by atoms with Crippen molar-refractivity contribution in [3.8, 4) is 5.75 Å². The number of carbonyl (C=O) groups excluding carboxylic acids is 1. The summed E-state index contributed by atoms with van der Waals surface area (Å²) in [6.07, 6.45) is 1.65. The monoisotopic (exact) mass is 412 g/mol. The molecule has 1 heterocycles. The van der Waals surface area contributed by atoms with Gasteiger partial charge in [-0.1, -0.05) is 54.6 Å². The van der Waals surface area contributed by atoms with Crippen molar-refractivity contribution in [3.05, 3.63) is 101 Å². The van der Waals surface area contributed by atoms with Gasteiger partial charge >= 0.3 is 5.97 Å². The molecule has 0 aliphatic carbocycles.